The molecule has 1 fully saturated rings. The first kappa shape index (κ1) is 17.4. The molecule has 1 unspecified atom stereocenters. The highest BCUT2D eigenvalue weighted by Gasteiger charge is 2.47. The van der Waals surface area contributed by atoms with Crippen molar-refractivity contribution in [3.63, 3.8) is 0 Å². The Bertz CT molecular complexity index is 930. The number of likely N-dealkylation sites (tertiary alicyclic amines) is 1. The van der Waals surface area contributed by atoms with Gasteiger partial charge in [0.15, 0.2) is 5.82 Å². The van der Waals surface area contributed by atoms with Crippen molar-refractivity contribution in [3.8, 4) is 0 Å². The monoisotopic (exact) mass is 365 g/mol. The summed E-state index contributed by atoms with van der Waals surface area (Å²) in [4.78, 5) is 23.0. The molecule has 3 heterocycles. The molecule has 1 aliphatic heterocycles. The molecule has 4 rings (SSSR count). The molecule has 2 aromatic heterocycles. The largest absolute Gasteiger partial charge is 0.340 e. The van der Waals surface area contributed by atoms with Crippen LogP contribution in [0.2, 0.25) is 0 Å². The molecule has 0 bridgehead atoms. The number of rotatable bonds is 5. The fourth-order valence-electron chi connectivity index (χ4n) is 3.58. The molecule has 0 N–H and O–H groups in total. The van der Waals surface area contributed by atoms with Crippen molar-refractivity contribution >= 4 is 5.91 Å². The van der Waals surface area contributed by atoms with Gasteiger partial charge in [-0.05, 0) is 19.4 Å². The molecule has 8 heteroatoms. The van der Waals surface area contributed by atoms with Crippen molar-refractivity contribution in [2.45, 2.75) is 44.8 Å². The number of amides is 1. The Morgan fingerprint density at radius 2 is 1.96 bits per heavy atom. The minimum absolute atomic E-state index is 0.0179. The van der Waals surface area contributed by atoms with Crippen molar-refractivity contribution in [3.05, 3.63) is 60.2 Å². The van der Waals surface area contributed by atoms with Gasteiger partial charge < -0.3 is 4.90 Å². The summed E-state index contributed by atoms with van der Waals surface area (Å²) >= 11 is 0. The summed E-state index contributed by atoms with van der Waals surface area (Å²) in [7, 11) is 1.86. The summed E-state index contributed by atoms with van der Waals surface area (Å²) in [5.41, 5.74) is 0.828. The quantitative estimate of drug-likeness (QED) is 0.687. The lowest BCUT2D eigenvalue weighted by Crippen LogP contribution is -2.41. The van der Waals surface area contributed by atoms with Crippen LogP contribution in [0.1, 0.15) is 43.4 Å². The molecule has 1 amide bonds. The van der Waals surface area contributed by atoms with E-state index >= 15 is 0 Å². The van der Waals surface area contributed by atoms with Crippen LogP contribution in [0.15, 0.2) is 43.0 Å². The van der Waals surface area contributed by atoms with E-state index in [-0.39, 0.29) is 17.4 Å². The fourth-order valence-corrected chi connectivity index (χ4v) is 3.58. The zero-order chi connectivity index (χ0) is 19.0. The Morgan fingerprint density at radius 3 is 2.59 bits per heavy atom. The van der Waals surface area contributed by atoms with Crippen LogP contribution in [0.3, 0.4) is 0 Å². The highest BCUT2D eigenvalue weighted by molar-refractivity contribution is 5.80. The number of carbonyl (C=O) groups excluding carboxylic acids is 1. The van der Waals surface area contributed by atoms with Crippen molar-refractivity contribution in [2.24, 2.45) is 0 Å². The average Bonchev–Trinajstić information content (AvgIpc) is 3.33. The van der Waals surface area contributed by atoms with E-state index < -0.39 is 0 Å². The van der Waals surface area contributed by atoms with E-state index in [1.54, 1.807) is 11.0 Å². The second kappa shape index (κ2) is 6.61. The van der Waals surface area contributed by atoms with Gasteiger partial charge in [-0.15, -0.1) is 0 Å². The van der Waals surface area contributed by atoms with E-state index in [4.69, 9.17) is 10.1 Å². The smallest absolute Gasteiger partial charge is 0.223 e. The predicted molar refractivity (Wildman–Crippen MR) is 98.9 cm³/mol. The van der Waals surface area contributed by atoms with Crippen LogP contribution < -0.4 is 0 Å². The number of hydrogen-bond donors (Lipinski definition) is 0. The first-order valence-corrected chi connectivity index (χ1v) is 9.02. The molecule has 1 aliphatic rings. The van der Waals surface area contributed by atoms with Gasteiger partial charge in [0, 0.05) is 19.0 Å². The Kier molecular flexibility index (Phi) is 4.25. The molecule has 3 aromatic rings. The third-order valence-electron chi connectivity index (χ3n) is 5.47. The maximum atomic E-state index is 12.4. The zero-order valence-electron chi connectivity index (χ0n) is 15.8. The molecule has 0 aliphatic carbocycles. The number of nitrogens with zero attached hydrogens (tertiary/aromatic N) is 7. The second-order valence-electron chi connectivity index (χ2n) is 7.49. The maximum absolute atomic E-state index is 12.4. The first-order chi connectivity index (χ1) is 12.9. The minimum Gasteiger partial charge on any atom is -0.340 e. The van der Waals surface area contributed by atoms with Crippen molar-refractivity contribution in [2.75, 3.05) is 7.05 Å². The summed E-state index contributed by atoms with van der Waals surface area (Å²) in [6.07, 6.45) is 3.59. The normalized spacial score (nSPS) is 19.0. The summed E-state index contributed by atoms with van der Waals surface area (Å²) in [6, 6.07) is 10.2. The van der Waals surface area contributed by atoms with E-state index in [9.17, 15) is 4.79 Å². The Labute approximate surface area is 157 Å². The topological polar surface area (TPSA) is 81.7 Å². The van der Waals surface area contributed by atoms with Gasteiger partial charge in [0.2, 0.25) is 5.91 Å². The van der Waals surface area contributed by atoms with Crippen LogP contribution in [-0.2, 0) is 17.9 Å². The Balaban J connectivity index is 1.72. The summed E-state index contributed by atoms with van der Waals surface area (Å²) < 4.78 is 3.63. The summed E-state index contributed by atoms with van der Waals surface area (Å²) in [5.74, 6) is 1.63. The molecule has 140 valence electrons. The Morgan fingerprint density at radius 1 is 1.19 bits per heavy atom. The molecule has 0 radical (unpaired) electrons. The van der Waals surface area contributed by atoms with E-state index in [2.05, 4.69) is 36.1 Å². The van der Waals surface area contributed by atoms with Gasteiger partial charge in [0.25, 0.3) is 0 Å². The molecular formula is C19H23N7O. The van der Waals surface area contributed by atoms with E-state index in [0.29, 0.717) is 25.3 Å². The van der Waals surface area contributed by atoms with Crippen LogP contribution in [0.5, 0.6) is 0 Å². The average molecular weight is 365 g/mol. The van der Waals surface area contributed by atoms with Crippen LogP contribution in [-0.4, -0.2) is 52.9 Å². The number of aromatic nitrogens is 6. The highest BCUT2D eigenvalue weighted by Crippen LogP contribution is 2.40. The van der Waals surface area contributed by atoms with Gasteiger partial charge in [-0.3, -0.25) is 4.79 Å². The number of hydrogen-bond acceptors (Lipinski definition) is 5. The molecule has 0 spiro atoms. The van der Waals surface area contributed by atoms with Gasteiger partial charge in [-0.25, -0.2) is 19.3 Å². The lowest BCUT2D eigenvalue weighted by Gasteiger charge is -2.32. The lowest BCUT2D eigenvalue weighted by atomic mass is 9.87. The van der Waals surface area contributed by atoms with Gasteiger partial charge in [-0.2, -0.15) is 10.2 Å². The lowest BCUT2D eigenvalue weighted by molar-refractivity contribution is -0.128. The van der Waals surface area contributed by atoms with E-state index in [1.165, 1.54) is 6.33 Å². The third-order valence-corrected chi connectivity index (χ3v) is 5.47. The summed E-state index contributed by atoms with van der Waals surface area (Å²) in [5, 5.41) is 8.87. The van der Waals surface area contributed by atoms with Crippen molar-refractivity contribution in [1.29, 1.82) is 0 Å². The molecule has 1 saturated heterocycles. The van der Waals surface area contributed by atoms with Crippen molar-refractivity contribution in [1.82, 2.24) is 34.4 Å². The number of carbonyl (C=O) groups is 1. The minimum atomic E-state index is -0.316. The van der Waals surface area contributed by atoms with E-state index in [1.807, 2.05) is 34.8 Å². The standard InChI is InChI=1S/C19H23N7O/c1-19(2)15(9-17(27)24(19)3)18-22-16(11-25-13-20-12-21-25)23-26(18)10-14-7-5-4-6-8-14/h4-8,12-13,15H,9-11H2,1-3H3. The van der Waals surface area contributed by atoms with Gasteiger partial charge in [0.05, 0.1) is 12.5 Å². The SMILES string of the molecule is CN1C(=O)CC(c2nc(Cn3cncn3)nn2Cc2ccccc2)C1(C)C. The molecule has 1 aromatic carbocycles. The van der Waals surface area contributed by atoms with E-state index in [0.717, 1.165) is 11.4 Å². The zero-order valence-corrected chi connectivity index (χ0v) is 15.8. The molecule has 1 atom stereocenters. The molecular weight excluding hydrogens is 342 g/mol. The van der Waals surface area contributed by atoms with Gasteiger partial charge >= 0.3 is 0 Å². The molecule has 27 heavy (non-hydrogen) atoms. The van der Waals surface area contributed by atoms with Gasteiger partial charge in [0.1, 0.15) is 25.0 Å². The first-order valence-electron chi connectivity index (χ1n) is 9.02. The van der Waals surface area contributed by atoms with Crippen LogP contribution in [0.25, 0.3) is 0 Å². The fraction of sp³-hybridized carbons (Fsp3) is 0.421. The maximum Gasteiger partial charge on any atom is 0.223 e. The van der Waals surface area contributed by atoms with Crippen LogP contribution in [0.4, 0.5) is 0 Å². The predicted octanol–water partition coefficient (Wildman–Crippen LogP) is 1.69. The summed E-state index contributed by atoms with van der Waals surface area (Å²) in [6.45, 7) is 5.24. The van der Waals surface area contributed by atoms with Crippen molar-refractivity contribution < 1.29 is 4.79 Å². The third kappa shape index (κ3) is 3.22. The number of likely N-dealkylation sites (N-methyl/N-ethyl adjacent to an activating group) is 1. The van der Waals surface area contributed by atoms with Crippen LogP contribution >= 0.6 is 0 Å². The number of benzene rings is 1. The molecule has 8 nitrogen and oxygen atoms in total. The van der Waals surface area contributed by atoms with Crippen LogP contribution in [0, 0.1) is 0 Å². The Hall–Kier alpha value is -3.03. The molecule has 0 saturated carbocycles. The van der Waals surface area contributed by atoms with Gasteiger partial charge in [-0.1, -0.05) is 30.3 Å². The second-order valence-corrected chi connectivity index (χ2v) is 7.49. The highest BCUT2D eigenvalue weighted by atomic mass is 16.2.